The van der Waals surface area contributed by atoms with E-state index in [2.05, 4.69) is 24.0 Å². The summed E-state index contributed by atoms with van der Waals surface area (Å²) >= 11 is 0. The Labute approximate surface area is 184 Å². The van der Waals surface area contributed by atoms with Crippen LogP contribution in [0.4, 0.5) is 11.4 Å². The molecule has 1 heterocycles. The van der Waals surface area contributed by atoms with Crippen molar-refractivity contribution in [2.75, 3.05) is 44.2 Å². The summed E-state index contributed by atoms with van der Waals surface area (Å²) in [5.74, 6) is 0. The van der Waals surface area contributed by atoms with Crippen LogP contribution in [0.25, 0.3) is 0 Å². The lowest BCUT2D eigenvalue weighted by atomic mass is 10.1. The Hall–Kier alpha value is -2.49. The van der Waals surface area contributed by atoms with Crippen LogP contribution in [-0.4, -0.2) is 61.8 Å². The summed E-state index contributed by atoms with van der Waals surface area (Å²) in [7, 11) is -3.75. The molecule has 2 aromatic rings. The molecule has 1 saturated heterocycles. The predicted molar refractivity (Wildman–Crippen MR) is 122 cm³/mol. The van der Waals surface area contributed by atoms with Gasteiger partial charge in [0.1, 0.15) is 5.69 Å². The molecule has 1 fully saturated rings. The van der Waals surface area contributed by atoms with Gasteiger partial charge in [0, 0.05) is 51.4 Å². The average Bonchev–Trinajstić information content (AvgIpc) is 2.79. The minimum absolute atomic E-state index is 0.0389. The number of rotatable bonds is 8. The first-order chi connectivity index (χ1) is 14.8. The zero-order chi connectivity index (χ0) is 22.6. The van der Waals surface area contributed by atoms with Crippen LogP contribution in [0.1, 0.15) is 32.4 Å². The molecule has 0 aromatic heterocycles. The molecular weight excluding hydrogens is 416 g/mol. The Morgan fingerprint density at radius 2 is 1.65 bits per heavy atom. The maximum atomic E-state index is 12.8. The Morgan fingerprint density at radius 3 is 2.19 bits per heavy atom. The van der Waals surface area contributed by atoms with Crippen LogP contribution in [0.5, 0.6) is 0 Å². The van der Waals surface area contributed by atoms with E-state index in [4.69, 9.17) is 0 Å². The normalized spacial score (nSPS) is 16.5. The monoisotopic (exact) mass is 446 g/mol. The van der Waals surface area contributed by atoms with Gasteiger partial charge in [0.15, 0.2) is 0 Å². The molecule has 0 aliphatic carbocycles. The second kappa shape index (κ2) is 9.76. The fourth-order valence-electron chi connectivity index (χ4n) is 4.08. The lowest BCUT2D eigenvalue weighted by Crippen LogP contribution is -2.47. The molecule has 0 spiro atoms. The van der Waals surface area contributed by atoms with E-state index >= 15 is 0 Å². The lowest BCUT2D eigenvalue weighted by molar-refractivity contribution is -0.384. The third kappa shape index (κ3) is 4.89. The fraction of sp³-hybridized carbons (Fsp3) is 0.455. The first-order valence-electron chi connectivity index (χ1n) is 10.6. The first-order valence-corrected chi connectivity index (χ1v) is 12.1. The highest BCUT2D eigenvalue weighted by molar-refractivity contribution is 7.89. The van der Waals surface area contributed by atoms with Crippen LogP contribution in [0.2, 0.25) is 0 Å². The number of nitro benzene ring substituents is 1. The molecule has 8 nitrogen and oxygen atoms in total. The zero-order valence-corrected chi connectivity index (χ0v) is 19.1. The fourth-order valence-corrected chi connectivity index (χ4v) is 5.56. The van der Waals surface area contributed by atoms with E-state index in [1.807, 2.05) is 23.1 Å². The number of hydrogen-bond acceptors (Lipinski definition) is 6. The summed E-state index contributed by atoms with van der Waals surface area (Å²) in [4.78, 5) is 15.6. The molecule has 0 radical (unpaired) electrons. The lowest BCUT2D eigenvalue weighted by Gasteiger charge is -2.39. The van der Waals surface area contributed by atoms with Gasteiger partial charge in [-0.2, -0.15) is 4.31 Å². The average molecular weight is 447 g/mol. The van der Waals surface area contributed by atoms with Crippen molar-refractivity contribution >= 4 is 21.4 Å². The van der Waals surface area contributed by atoms with Gasteiger partial charge in [0.05, 0.1) is 9.82 Å². The smallest absolute Gasteiger partial charge is 0.293 e. The molecule has 31 heavy (non-hydrogen) atoms. The summed E-state index contributed by atoms with van der Waals surface area (Å²) in [5, 5.41) is 11.8. The number of anilines is 1. The van der Waals surface area contributed by atoms with Crippen molar-refractivity contribution in [3.05, 3.63) is 64.2 Å². The molecule has 0 saturated carbocycles. The van der Waals surface area contributed by atoms with E-state index in [1.54, 1.807) is 19.9 Å². The van der Waals surface area contributed by atoms with Crippen molar-refractivity contribution in [2.45, 2.75) is 31.7 Å². The van der Waals surface area contributed by atoms with Crippen LogP contribution in [0, 0.1) is 10.1 Å². The first kappa shape index (κ1) is 23.2. The van der Waals surface area contributed by atoms with E-state index in [0.717, 1.165) is 13.1 Å². The summed E-state index contributed by atoms with van der Waals surface area (Å²) in [6.45, 7) is 9.12. The molecule has 9 heteroatoms. The second-order valence-electron chi connectivity index (χ2n) is 7.61. The third-order valence-electron chi connectivity index (χ3n) is 5.97. The summed E-state index contributed by atoms with van der Waals surface area (Å²) in [6.07, 6.45) is 0. The number of nitrogens with zero attached hydrogens (tertiary/aromatic N) is 4. The maximum Gasteiger partial charge on any atom is 0.293 e. The number of hydrogen-bond donors (Lipinski definition) is 0. The van der Waals surface area contributed by atoms with Crippen molar-refractivity contribution in [3.63, 3.8) is 0 Å². The number of sulfonamides is 1. The Morgan fingerprint density at radius 1 is 1.03 bits per heavy atom. The van der Waals surface area contributed by atoms with Crippen LogP contribution in [-0.2, 0) is 10.0 Å². The number of piperazine rings is 1. The number of benzene rings is 2. The molecule has 2 aromatic carbocycles. The topological polar surface area (TPSA) is 87.0 Å². The standard InChI is InChI=1S/C22H30N4O4S/c1-4-25(5-2)31(29,30)20-11-12-21(22(17-20)26(27)28)24-15-13-23(14-16-24)18(3)19-9-7-6-8-10-19/h6-12,17-18H,4-5,13-16H2,1-3H3. The molecule has 0 bridgehead atoms. The zero-order valence-electron chi connectivity index (χ0n) is 18.3. The molecular formula is C22H30N4O4S. The highest BCUT2D eigenvalue weighted by Crippen LogP contribution is 2.33. The predicted octanol–water partition coefficient (Wildman–Crippen LogP) is 3.51. The molecule has 1 aliphatic rings. The molecule has 168 valence electrons. The second-order valence-corrected chi connectivity index (χ2v) is 9.54. The van der Waals surface area contributed by atoms with Gasteiger partial charge in [-0.25, -0.2) is 8.42 Å². The molecule has 0 amide bonds. The molecule has 1 aliphatic heterocycles. The van der Waals surface area contributed by atoms with Crippen LogP contribution < -0.4 is 4.90 Å². The van der Waals surface area contributed by atoms with Gasteiger partial charge in [-0.15, -0.1) is 0 Å². The van der Waals surface area contributed by atoms with E-state index in [9.17, 15) is 18.5 Å². The van der Waals surface area contributed by atoms with E-state index in [0.29, 0.717) is 31.9 Å². The van der Waals surface area contributed by atoms with Crippen molar-refractivity contribution in [1.82, 2.24) is 9.21 Å². The van der Waals surface area contributed by atoms with Gasteiger partial charge >= 0.3 is 0 Å². The molecule has 3 rings (SSSR count). The maximum absolute atomic E-state index is 12.8. The van der Waals surface area contributed by atoms with E-state index in [1.165, 1.54) is 22.0 Å². The highest BCUT2D eigenvalue weighted by atomic mass is 32.2. The largest absolute Gasteiger partial charge is 0.363 e. The minimum Gasteiger partial charge on any atom is -0.363 e. The summed E-state index contributed by atoms with van der Waals surface area (Å²) < 4.78 is 26.9. The number of nitro groups is 1. The SMILES string of the molecule is CCN(CC)S(=O)(=O)c1ccc(N2CCN(C(C)c3ccccc3)CC2)c([N+](=O)[O-])c1. The van der Waals surface area contributed by atoms with E-state index in [-0.39, 0.29) is 16.6 Å². The van der Waals surface area contributed by atoms with Gasteiger partial charge in [0.2, 0.25) is 10.0 Å². The highest BCUT2D eigenvalue weighted by Gasteiger charge is 2.29. The molecule has 0 N–H and O–H groups in total. The Balaban J connectivity index is 1.80. The Bertz CT molecular complexity index is 1000. The molecule has 1 unspecified atom stereocenters. The minimum atomic E-state index is -3.75. The van der Waals surface area contributed by atoms with Gasteiger partial charge in [-0.1, -0.05) is 44.2 Å². The molecule has 1 atom stereocenters. The van der Waals surface area contributed by atoms with Crippen LogP contribution in [0.3, 0.4) is 0 Å². The summed E-state index contributed by atoms with van der Waals surface area (Å²) in [6, 6.07) is 14.8. The van der Waals surface area contributed by atoms with Gasteiger partial charge in [-0.3, -0.25) is 15.0 Å². The third-order valence-corrected chi connectivity index (χ3v) is 8.02. The van der Waals surface area contributed by atoms with Crippen molar-refractivity contribution < 1.29 is 13.3 Å². The van der Waals surface area contributed by atoms with Crippen molar-refractivity contribution in [2.24, 2.45) is 0 Å². The van der Waals surface area contributed by atoms with Gasteiger partial charge < -0.3 is 4.90 Å². The van der Waals surface area contributed by atoms with Crippen LogP contribution in [0.15, 0.2) is 53.4 Å². The van der Waals surface area contributed by atoms with Crippen molar-refractivity contribution in [3.8, 4) is 0 Å². The van der Waals surface area contributed by atoms with Crippen molar-refractivity contribution in [1.29, 1.82) is 0 Å². The Kier molecular flexibility index (Phi) is 7.30. The quantitative estimate of drug-likeness (QED) is 0.456. The van der Waals surface area contributed by atoms with E-state index < -0.39 is 14.9 Å². The summed E-state index contributed by atoms with van der Waals surface area (Å²) in [5.41, 5.74) is 1.54. The van der Waals surface area contributed by atoms with Crippen LogP contribution >= 0.6 is 0 Å². The van der Waals surface area contributed by atoms with Gasteiger partial charge in [0.25, 0.3) is 5.69 Å². The van der Waals surface area contributed by atoms with Gasteiger partial charge in [-0.05, 0) is 24.6 Å².